The lowest BCUT2D eigenvalue weighted by Gasteiger charge is -2.26. The molecule has 6 heteroatoms. The fraction of sp³-hybridized carbons (Fsp3) is 0.714. The van der Waals surface area contributed by atoms with Crippen LogP contribution in [0.15, 0.2) is 12.2 Å². The van der Waals surface area contributed by atoms with E-state index in [0.29, 0.717) is 12.5 Å². The molecule has 1 aliphatic carbocycles. The van der Waals surface area contributed by atoms with Crippen LogP contribution < -0.4 is 10.6 Å². The molecule has 0 bridgehead atoms. The summed E-state index contributed by atoms with van der Waals surface area (Å²) in [5, 5.41) is 14.8. The topological polar surface area (TPSA) is 87.7 Å². The monoisotopic (exact) mass is 282 g/mol. The molecule has 1 aliphatic heterocycles. The molecule has 3 unspecified atom stereocenters. The highest BCUT2D eigenvalue weighted by Crippen LogP contribution is 2.28. The Morgan fingerprint density at radius 2 is 2.25 bits per heavy atom. The minimum absolute atomic E-state index is 0.126. The first-order chi connectivity index (χ1) is 9.52. The van der Waals surface area contributed by atoms with Crippen LogP contribution in [0.2, 0.25) is 0 Å². The molecular formula is C14H22N2O4. The third kappa shape index (κ3) is 3.30. The van der Waals surface area contributed by atoms with Gasteiger partial charge < -0.3 is 20.5 Å². The number of carboxylic acid groups (broad SMARTS) is 1. The van der Waals surface area contributed by atoms with Crippen molar-refractivity contribution in [2.75, 3.05) is 19.8 Å². The summed E-state index contributed by atoms with van der Waals surface area (Å²) in [6.07, 6.45) is 7.42. The van der Waals surface area contributed by atoms with Crippen LogP contribution in [0.4, 0.5) is 4.79 Å². The molecule has 0 aromatic rings. The Bertz CT molecular complexity index is 410. The molecule has 20 heavy (non-hydrogen) atoms. The van der Waals surface area contributed by atoms with E-state index in [1.165, 1.54) is 0 Å². The smallest absolute Gasteiger partial charge is 0.315 e. The lowest BCUT2D eigenvalue weighted by atomic mass is 9.85. The van der Waals surface area contributed by atoms with E-state index in [4.69, 9.17) is 4.74 Å². The second kappa shape index (κ2) is 6.26. The Hall–Kier alpha value is -1.56. The van der Waals surface area contributed by atoms with Crippen LogP contribution >= 0.6 is 0 Å². The van der Waals surface area contributed by atoms with E-state index in [1.54, 1.807) is 6.92 Å². The maximum absolute atomic E-state index is 11.9. The first kappa shape index (κ1) is 14.8. The molecule has 1 heterocycles. The van der Waals surface area contributed by atoms with Crippen LogP contribution in [0.1, 0.15) is 26.2 Å². The predicted octanol–water partition coefficient (Wildman–Crippen LogP) is 1.13. The number of urea groups is 1. The fourth-order valence-electron chi connectivity index (χ4n) is 2.57. The van der Waals surface area contributed by atoms with Gasteiger partial charge in [0.15, 0.2) is 0 Å². The highest BCUT2D eigenvalue weighted by atomic mass is 16.5. The van der Waals surface area contributed by atoms with Gasteiger partial charge in [0.1, 0.15) is 5.41 Å². The normalized spacial score (nSPS) is 32.9. The number of hydrogen-bond acceptors (Lipinski definition) is 3. The van der Waals surface area contributed by atoms with Gasteiger partial charge in [0.25, 0.3) is 0 Å². The number of nitrogens with one attached hydrogen (secondary N) is 2. The third-order valence-corrected chi connectivity index (χ3v) is 4.18. The number of ether oxygens (including phenoxy) is 1. The molecule has 2 amide bonds. The average Bonchev–Trinajstić information content (AvgIpc) is 2.80. The molecule has 6 nitrogen and oxygen atoms in total. The summed E-state index contributed by atoms with van der Waals surface area (Å²) >= 11 is 0. The van der Waals surface area contributed by atoms with E-state index in [0.717, 1.165) is 19.3 Å². The first-order valence-corrected chi connectivity index (χ1v) is 7.03. The summed E-state index contributed by atoms with van der Waals surface area (Å²) in [5.41, 5.74) is -1.05. The van der Waals surface area contributed by atoms with Crippen molar-refractivity contribution in [2.45, 2.75) is 32.2 Å². The van der Waals surface area contributed by atoms with Gasteiger partial charge in [-0.05, 0) is 32.1 Å². The van der Waals surface area contributed by atoms with Gasteiger partial charge in [-0.1, -0.05) is 12.2 Å². The van der Waals surface area contributed by atoms with Crippen LogP contribution in [0.3, 0.4) is 0 Å². The number of hydrogen-bond donors (Lipinski definition) is 3. The van der Waals surface area contributed by atoms with Crippen LogP contribution in [-0.4, -0.2) is 42.9 Å². The zero-order valence-corrected chi connectivity index (χ0v) is 11.7. The number of carbonyl (C=O) groups excluding carboxylic acids is 1. The number of rotatable bonds is 4. The number of aliphatic carboxylic acids is 1. The number of carbonyl (C=O) groups is 2. The minimum Gasteiger partial charge on any atom is -0.481 e. The second-order valence-electron chi connectivity index (χ2n) is 5.80. The van der Waals surface area contributed by atoms with Crippen molar-refractivity contribution >= 4 is 12.0 Å². The third-order valence-electron chi connectivity index (χ3n) is 4.18. The Morgan fingerprint density at radius 1 is 1.45 bits per heavy atom. The van der Waals surface area contributed by atoms with Crippen molar-refractivity contribution in [3.05, 3.63) is 12.2 Å². The van der Waals surface area contributed by atoms with E-state index in [-0.39, 0.29) is 19.2 Å². The standard InChI is InChI=1S/C14H22N2O4/c1-14(12(17)18)9-20-8-11(14)16-13(19)15-7-10-5-3-2-4-6-10/h2-3,10-11H,4-9H2,1H3,(H,17,18)(H2,15,16,19). The summed E-state index contributed by atoms with van der Waals surface area (Å²) in [6.45, 7) is 2.58. The largest absolute Gasteiger partial charge is 0.481 e. The Kier molecular flexibility index (Phi) is 4.65. The quantitative estimate of drug-likeness (QED) is 0.675. The first-order valence-electron chi connectivity index (χ1n) is 7.03. The molecule has 3 atom stereocenters. The number of amides is 2. The lowest BCUT2D eigenvalue weighted by molar-refractivity contribution is -0.148. The minimum atomic E-state index is -1.05. The molecule has 1 fully saturated rings. The summed E-state index contributed by atoms with van der Waals surface area (Å²) in [5.74, 6) is -0.478. The number of carboxylic acids is 1. The molecule has 0 spiro atoms. The van der Waals surface area contributed by atoms with Crippen LogP contribution in [0.25, 0.3) is 0 Å². The average molecular weight is 282 g/mol. The lowest BCUT2D eigenvalue weighted by Crippen LogP contribution is -2.52. The van der Waals surface area contributed by atoms with E-state index < -0.39 is 17.4 Å². The molecule has 112 valence electrons. The van der Waals surface area contributed by atoms with Crippen molar-refractivity contribution in [1.82, 2.24) is 10.6 Å². The number of allylic oxidation sites excluding steroid dienone is 2. The molecule has 1 saturated heterocycles. The van der Waals surface area contributed by atoms with Gasteiger partial charge in [-0.2, -0.15) is 0 Å². The summed E-state index contributed by atoms with van der Waals surface area (Å²) < 4.78 is 5.20. The molecular weight excluding hydrogens is 260 g/mol. The van der Waals surface area contributed by atoms with Gasteiger partial charge in [-0.15, -0.1) is 0 Å². The van der Waals surface area contributed by atoms with Gasteiger partial charge in [0.2, 0.25) is 0 Å². The van der Waals surface area contributed by atoms with Crippen molar-refractivity contribution in [1.29, 1.82) is 0 Å². The summed E-state index contributed by atoms with van der Waals surface area (Å²) in [7, 11) is 0. The predicted molar refractivity (Wildman–Crippen MR) is 73.4 cm³/mol. The molecule has 0 radical (unpaired) electrons. The van der Waals surface area contributed by atoms with Gasteiger partial charge in [0.05, 0.1) is 19.3 Å². The van der Waals surface area contributed by atoms with E-state index >= 15 is 0 Å². The highest BCUT2D eigenvalue weighted by molar-refractivity contribution is 5.79. The van der Waals surface area contributed by atoms with Crippen molar-refractivity contribution in [2.24, 2.45) is 11.3 Å². The Morgan fingerprint density at radius 3 is 2.90 bits per heavy atom. The van der Waals surface area contributed by atoms with E-state index in [2.05, 4.69) is 22.8 Å². The fourth-order valence-corrected chi connectivity index (χ4v) is 2.57. The Labute approximate surface area is 118 Å². The van der Waals surface area contributed by atoms with Crippen LogP contribution in [0.5, 0.6) is 0 Å². The van der Waals surface area contributed by atoms with Crippen molar-refractivity contribution in [3.8, 4) is 0 Å². The zero-order chi connectivity index (χ0) is 14.6. The van der Waals surface area contributed by atoms with Crippen molar-refractivity contribution in [3.63, 3.8) is 0 Å². The molecule has 0 aromatic heterocycles. The molecule has 2 rings (SSSR count). The van der Waals surface area contributed by atoms with Crippen molar-refractivity contribution < 1.29 is 19.4 Å². The van der Waals surface area contributed by atoms with E-state index in [9.17, 15) is 14.7 Å². The molecule has 3 N–H and O–H groups in total. The van der Waals surface area contributed by atoms with E-state index in [1.807, 2.05) is 0 Å². The van der Waals surface area contributed by atoms with Gasteiger partial charge >= 0.3 is 12.0 Å². The highest BCUT2D eigenvalue weighted by Gasteiger charge is 2.47. The Balaban J connectivity index is 1.79. The van der Waals surface area contributed by atoms with Crippen LogP contribution in [0, 0.1) is 11.3 Å². The molecule has 0 saturated carbocycles. The molecule has 0 aromatic carbocycles. The summed E-state index contributed by atoms with van der Waals surface area (Å²) in [4.78, 5) is 23.1. The second-order valence-corrected chi connectivity index (χ2v) is 5.80. The maximum Gasteiger partial charge on any atom is 0.315 e. The SMILES string of the molecule is CC1(C(=O)O)COCC1NC(=O)NCC1CC=CCC1. The van der Waals surface area contributed by atoms with Gasteiger partial charge in [0, 0.05) is 6.54 Å². The molecule has 2 aliphatic rings. The van der Waals surface area contributed by atoms with Gasteiger partial charge in [-0.3, -0.25) is 4.79 Å². The maximum atomic E-state index is 11.9. The zero-order valence-electron chi connectivity index (χ0n) is 11.7. The van der Waals surface area contributed by atoms with Crippen LogP contribution in [-0.2, 0) is 9.53 Å². The summed E-state index contributed by atoms with van der Waals surface area (Å²) in [6, 6.07) is -0.811. The van der Waals surface area contributed by atoms with Gasteiger partial charge in [-0.25, -0.2) is 4.79 Å².